The largest absolute Gasteiger partial charge is 0.349 e. The minimum absolute atomic E-state index is 0.0715. The standard InChI is InChI=1S/C12H18N2O2S/c1-8(2)11(14-9(3)15)12(16)13-7-10-5-4-6-17-10/h4-6,8,11H,7H2,1-3H3,(H,13,16)(H,14,15). The van der Waals surface area contributed by atoms with E-state index < -0.39 is 6.04 Å². The normalized spacial score (nSPS) is 12.2. The summed E-state index contributed by atoms with van der Waals surface area (Å²) in [5, 5.41) is 7.46. The van der Waals surface area contributed by atoms with Crippen molar-refractivity contribution >= 4 is 23.2 Å². The van der Waals surface area contributed by atoms with Crippen LogP contribution >= 0.6 is 11.3 Å². The van der Waals surface area contributed by atoms with Gasteiger partial charge >= 0.3 is 0 Å². The van der Waals surface area contributed by atoms with E-state index in [0.29, 0.717) is 6.54 Å². The third-order valence-electron chi connectivity index (χ3n) is 2.32. The van der Waals surface area contributed by atoms with Crippen LogP contribution in [0.3, 0.4) is 0 Å². The summed E-state index contributed by atoms with van der Waals surface area (Å²) in [5.41, 5.74) is 0. The van der Waals surface area contributed by atoms with Gasteiger partial charge in [0.25, 0.3) is 0 Å². The van der Waals surface area contributed by atoms with E-state index in [4.69, 9.17) is 0 Å². The zero-order valence-corrected chi connectivity index (χ0v) is 11.1. The molecule has 1 rings (SSSR count). The number of carbonyl (C=O) groups is 2. The zero-order chi connectivity index (χ0) is 12.8. The van der Waals surface area contributed by atoms with Crippen LogP contribution in [0.5, 0.6) is 0 Å². The molecule has 0 fully saturated rings. The summed E-state index contributed by atoms with van der Waals surface area (Å²) >= 11 is 1.60. The van der Waals surface area contributed by atoms with E-state index in [2.05, 4.69) is 10.6 Å². The first-order valence-corrected chi connectivity index (χ1v) is 6.46. The lowest BCUT2D eigenvalue weighted by molar-refractivity contribution is -0.129. The number of carbonyl (C=O) groups excluding carboxylic acids is 2. The first-order valence-electron chi connectivity index (χ1n) is 5.58. The van der Waals surface area contributed by atoms with Crippen LogP contribution in [0.4, 0.5) is 0 Å². The number of hydrogen-bond donors (Lipinski definition) is 2. The van der Waals surface area contributed by atoms with E-state index in [0.717, 1.165) is 4.88 Å². The molecular formula is C12H18N2O2S. The Balaban J connectivity index is 2.50. The molecule has 1 aromatic rings. The molecule has 0 aromatic carbocycles. The van der Waals surface area contributed by atoms with Crippen molar-refractivity contribution in [3.8, 4) is 0 Å². The first-order chi connectivity index (χ1) is 8.00. The molecule has 0 saturated heterocycles. The van der Waals surface area contributed by atoms with Gasteiger partial charge in [0.2, 0.25) is 11.8 Å². The van der Waals surface area contributed by atoms with Gasteiger partial charge in [-0.3, -0.25) is 9.59 Å². The van der Waals surface area contributed by atoms with Gasteiger partial charge in [-0.05, 0) is 17.4 Å². The Morgan fingerprint density at radius 3 is 2.59 bits per heavy atom. The lowest BCUT2D eigenvalue weighted by Gasteiger charge is -2.20. The fraction of sp³-hybridized carbons (Fsp3) is 0.500. The molecule has 0 radical (unpaired) electrons. The highest BCUT2D eigenvalue weighted by Gasteiger charge is 2.22. The van der Waals surface area contributed by atoms with Crippen LogP contribution in [0, 0.1) is 5.92 Å². The maximum absolute atomic E-state index is 11.9. The van der Waals surface area contributed by atoms with Crippen molar-refractivity contribution in [1.29, 1.82) is 0 Å². The van der Waals surface area contributed by atoms with Crippen molar-refractivity contribution in [1.82, 2.24) is 10.6 Å². The summed E-state index contributed by atoms with van der Waals surface area (Å²) in [4.78, 5) is 24.0. The third-order valence-corrected chi connectivity index (χ3v) is 3.20. The average Bonchev–Trinajstić information content (AvgIpc) is 2.74. The highest BCUT2D eigenvalue weighted by molar-refractivity contribution is 7.09. The molecule has 5 heteroatoms. The summed E-state index contributed by atoms with van der Waals surface area (Å²) in [6.45, 7) is 5.75. The fourth-order valence-corrected chi connectivity index (χ4v) is 2.10. The molecule has 1 heterocycles. The second kappa shape index (κ2) is 6.39. The predicted octanol–water partition coefficient (Wildman–Crippen LogP) is 1.52. The molecule has 0 saturated carbocycles. The molecule has 0 aliphatic heterocycles. The van der Waals surface area contributed by atoms with E-state index in [1.165, 1.54) is 6.92 Å². The van der Waals surface area contributed by atoms with Gasteiger partial charge in [-0.1, -0.05) is 19.9 Å². The van der Waals surface area contributed by atoms with Gasteiger partial charge < -0.3 is 10.6 Å². The molecular weight excluding hydrogens is 236 g/mol. The molecule has 1 atom stereocenters. The molecule has 0 bridgehead atoms. The maximum Gasteiger partial charge on any atom is 0.243 e. The molecule has 1 aromatic heterocycles. The Hall–Kier alpha value is -1.36. The molecule has 4 nitrogen and oxygen atoms in total. The molecule has 2 amide bonds. The molecule has 1 unspecified atom stereocenters. The summed E-state index contributed by atoms with van der Waals surface area (Å²) in [6, 6.07) is 3.45. The van der Waals surface area contributed by atoms with Crippen molar-refractivity contribution in [2.24, 2.45) is 5.92 Å². The van der Waals surface area contributed by atoms with E-state index in [1.807, 2.05) is 31.4 Å². The second-order valence-electron chi connectivity index (χ2n) is 4.22. The number of thiophene rings is 1. The Labute approximate surface area is 105 Å². The highest BCUT2D eigenvalue weighted by Crippen LogP contribution is 2.08. The number of rotatable bonds is 5. The van der Waals surface area contributed by atoms with Gasteiger partial charge in [-0.2, -0.15) is 0 Å². The van der Waals surface area contributed by atoms with Crippen molar-refractivity contribution in [2.75, 3.05) is 0 Å². The Kier molecular flexibility index (Phi) is 5.15. The molecule has 0 aliphatic rings. The van der Waals surface area contributed by atoms with Crippen molar-refractivity contribution in [3.05, 3.63) is 22.4 Å². The summed E-state index contributed by atoms with van der Waals surface area (Å²) < 4.78 is 0. The minimum atomic E-state index is -0.465. The van der Waals surface area contributed by atoms with Crippen LogP contribution < -0.4 is 10.6 Å². The topological polar surface area (TPSA) is 58.2 Å². The Morgan fingerprint density at radius 2 is 2.12 bits per heavy atom. The lowest BCUT2D eigenvalue weighted by atomic mass is 10.0. The summed E-state index contributed by atoms with van der Waals surface area (Å²) in [7, 11) is 0. The quantitative estimate of drug-likeness (QED) is 0.837. The number of hydrogen-bond acceptors (Lipinski definition) is 3. The minimum Gasteiger partial charge on any atom is -0.349 e. The number of amides is 2. The molecule has 2 N–H and O–H groups in total. The van der Waals surface area contributed by atoms with Crippen LogP contribution in [0.25, 0.3) is 0 Å². The first kappa shape index (κ1) is 13.7. The van der Waals surface area contributed by atoms with Crippen LogP contribution in [0.2, 0.25) is 0 Å². The third kappa shape index (κ3) is 4.56. The van der Waals surface area contributed by atoms with E-state index >= 15 is 0 Å². The van der Waals surface area contributed by atoms with Gasteiger partial charge in [-0.25, -0.2) is 0 Å². The van der Waals surface area contributed by atoms with E-state index in [9.17, 15) is 9.59 Å². The van der Waals surface area contributed by atoms with Gasteiger partial charge in [0.15, 0.2) is 0 Å². The van der Waals surface area contributed by atoms with Gasteiger partial charge in [0.05, 0.1) is 6.54 Å². The Bertz CT molecular complexity index is 374. The maximum atomic E-state index is 11.9. The average molecular weight is 254 g/mol. The van der Waals surface area contributed by atoms with E-state index in [-0.39, 0.29) is 17.7 Å². The molecule has 94 valence electrons. The van der Waals surface area contributed by atoms with Crippen LogP contribution in [0.1, 0.15) is 25.6 Å². The fourth-order valence-electron chi connectivity index (χ4n) is 1.45. The van der Waals surface area contributed by atoms with Crippen molar-refractivity contribution in [3.63, 3.8) is 0 Å². The van der Waals surface area contributed by atoms with Gasteiger partial charge in [-0.15, -0.1) is 11.3 Å². The van der Waals surface area contributed by atoms with Crippen LogP contribution in [-0.2, 0) is 16.1 Å². The Morgan fingerprint density at radius 1 is 1.41 bits per heavy atom. The van der Waals surface area contributed by atoms with Gasteiger partial charge in [0, 0.05) is 11.8 Å². The lowest BCUT2D eigenvalue weighted by Crippen LogP contribution is -2.48. The summed E-state index contributed by atoms with van der Waals surface area (Å²) in [6.07, 6.45) is 0. The van der Waals surface area contributed by atoms with Gasteiger partial charge in [0.1, 0.15) is 6.04 Å². The molecule has 17 heavy (non-hydrogen) atoms. The predicted molar refractivity (Wildman–Crippen MR) is 68.6 cm³/mol. The zero-order valence-electron chi connectivity index (χ0n) is 10.3. The van der Waals surface area contributed by atoms with Crippen LogP contribution in [0.15, 0.2) is 17.5 Å². The monoisotopic (exact) mass is 254 g/mol. The van der Waals surface area contributed by atoms with Crippen molar-refractivity contribution < 1.29 is 9.59 Å². The molecule has 0 spiro atoms. The SMILES string of the molecule is CC(=O)NC(C(=O)NCc1cccs1)C(C)C. The highest BCUT2D eigenvalue weighted by atomic mass is 32.1. The smallest absolute Gasteiger partial charge is 0.243 e. The number of nitrogens with one attached hydrogen (secondary N) is 2. The van der Waals surface area contributed by atoms with E-state index in [1.54, 1.807) is 11.3 Å². The van der Waals surface area contributed by atoms with Crippen molar-refractivity contribution in [2.45, 2.75) is 33.4 Å². The second-order valence-corrected chi connectivity index (χ2v) is 5.25. The molecule has 0 aliphatic carbocycles. The van der Waals surface area contributed by atoms with Crippen LogP contribution in [-0.4, -0.2) is 17.9 Å². The summed E-state index contributed by atoms with van der Waals surface area (Å²) in [5.74, 6) is -0.249.